The second-order valence-corrected chi connectivity index (χ2v) is 5.18. The molecule has 1 saturated carbocycles. The second-order valence-electron chi connectivity index (χ2n) is 5.18. The lowest BCUT2D eigenvalue weighted by molar-refractivity contribution is 0.401. The first-order chi connectivity index (χ1) is 7.81. The third kappa shape index (κ3) is 1.36. The van der Waals surface area contributed by atoms with Crippen LogP contribution in [0, 0.1) is 5.41 Å². The van der Waals surface area contributed by atoms with Gasteiger partial charge < -0.3 is 0 Å². The van der Waals surface area contributed by atoms with Crippen LogP contribution in [0.2, 0.25) is 0 Å². The van der Waals surface area contributed by atoms with Gasteiger partial charge in [0.2, 0.25) is 0 Å². The van der Waals surface area contributed by atoms with Crippen LogP contribution in [0.4, 0.5) is 0 Å². The van der Waals surface area contributed by atoms with Crippen molar-refractivity contribution >= 4 is 5.57 Å². The molecule has 0 N–H and O–H groups in total. The van der Waals surface area contributed by atoms with Gasteiger partial charge in [0.05, 0.1) is 0 Å². The molecular formula is C16H18. The Hall–Kier alpha value is -1.30. The molecule has 1 aromatic rings. The Labute approximate surface area is 97.7 Å². The summed E-state index contributed by atoms with van der Waals surface area (Å²) in [6.07, 6.45) is 10.1. The SMILES string of the molecule is CC12CCCCC1=CC=C2c1ccccc1. The molecule has 0 heterocycles. The average Bonchev–Trinajstić information content (AvgIpc) is 2.67. The molecule has 0 bridgehead atoms. The van der Waals surface area contributed by atoms with Crippen LogP contribution < -0.4 is 0 Å². The summed E-state index contributed by atoms with van der Waals surface area (Å²) in [6.45, 7) is 2.42. The van der Waals surface area contributed by atoms with E-state index in [9.17, 15) is 0 Å². The van der Waals surface area contributed by atoms with E-state index in [1.54, 1.807) is 5.57 Å². The largest absolute Gasteiger partial charge is 0.0622 e. The number of hydrogen-bond donors (Lipinski definition) is 0. The van der Waals surface area contributed by atoms with Crippen molar-refractivity contribution in [1.82, 2.24) is 0 Å². The van der Waals surface area contributed by atoms with Gasteiger partial charge >= 0.3 is 0 Å². The minimum absolute atomic E-state index is 0.333. The number of fused-ring (bicyclic) bond motifs is 1. The Morgan fingerprint density at radius 2 is 1.81 bits per heavy atom. The Morgan fingerprint density at radius 3 is 2.62 bits per heavy atom. The third-order valence-corrected chi connectivity index (χ3v) is 4.21. The molecule has 2 aliphatic rings. The van der Waals surface area contributed by atoms with Crippen LogP contribution in [0.3, 0.4) is 0 Å². The maximum Gasteiger partial charge on any atom is 0.0142 e. The third-order valence-electron chi connectivity index (χ3n) is 4.21. The molecule has 16 heavy (non-hydrogen) atoms. The van der Waals surface area contributed by atoms with Crippen molar-refractivity contribution < 1.29 is 0 Å². The Bertz CT molecular complexity index is 450. The van der Waals surface area contributed by atoms with Crippen molar-refractivity contribution in [2.75, 3.05) is 0 Å². The lowest BCUT2D eigenvalue weighted by Crippen LogP contribution is -2.22. The highest BCUT2D eigenvalue weighted by Gasteiger charge is 2.37. The Kier molecular flexibility index (Phi) is 2.24. The summed E-state index contributed by atoms with van der Waals surface area (Å²) >= 11 is 0. The van der Waals surface area contributed by atoms with E-state index < -0.39 is 0 Å². The average molecular weight is 210 g/mol. The summed E-state index contributed by atoms with van der Waals surface area (Å²) in [7, 11) is 0. The van der Waals surface area contributed by atoms with E-state index in [1.165, 1.54) is 36.8 Å². The minimum Gasteiger partial charge on any atom is -0.0622 e. The van der Waals surface area contributed by atoms with E-state index in [2.05, 4.69) is 49.4 Å². The molecule has 2 aliphatic carbocycles. The van der Waals surface area contributed by atoms with Crippen molar-refractivity contribution in [3.8, 4) is 0 Å². The molecule has 1 fully saturated rings. The van der Waals surface area contributed by atoms with Crippen LogP contribution in [-0.2, 0) is 0 Å². The van der Waals surface area contributed by atoms with Gasteiger partial charge in [-0.2, -0.15) is 0 Å². The molecular weight excluding hydrogens is 192 g/mol. The zero-order valence-corrected chi connectivity index (χ0v) is 9.87. The molecule has 0 aliphatic heterocycles. The monoisotopic (exact) mass is 210 g/mol. The first kappa shape index (κ1) is 9.89. The molecule has 1 atom stereocenters. The van der Waals surface area contributed by atoms with Crippen molar-refractivity contribution in [3.05, 3.63) is 53.6 Å². The second kappa shape index (κ2) is 3.62. The van der Waals surface area contributed by atoms with E-state index >= 15 is 0 Å². The van der Waals surface area contributed by atoms with Crippen molar-refractivity contribution in [2.45, 2.75) is 32.6 Å². The van der Waals surface area contributed by atoms with Crippen LogP contribution in [0.1, 0.15) is 38.2 Å². The number of rotatable bonds is 1. The zero-order chi connectivity index (χ0) is 11.0. The summed E-state index contributed by atoms with van der Waals surface area (Å²) in [6, 6.07) is 10.8. The highest BCUT2D eigenvalue weighted by atomic mass is 14.4. The van der Waals surface area contributed by atoms with Crippen LogP contribution in [0.5, 0.6) is 0 Å². The highest BCUT2D eigenvalue weighted by Crippen LogP contribution is 2.52. The normalized spacial score (nSPS) is 28.3. The smallest absolute Gasteiger partial charge is 0.0142 e. The molecule has 0 spiro atoms. The fraction of sp³-hybridized carbons (Fsp3) is 0.375. The van der Waals surface area contributed by atoms with Gasteiger partial charge in [0.1, 0.15) is 0 Å². The fourth-order valence-corrected chi connectivity index (χ4v) is 3.21. The maximum atomic E-state index is 2.42. The van der Waals surface area contributed by atoms with Crippen molar-refractivity contribution in [3.63, 3.8) is 0 Å². The van der Waals surface area contributed by atoms with E-state index in [0.29, 0.717) is 5.41 Å². The topological polar surface area (TPSA) is 0 Å². The van der Waals surface area contributed by atoms with Gasteiger partial charge in [0.25, 0.3) is 0 Å². The summed E-state index contributed by atoms with van der Waals surface area (Å²) in [5.41, 5.74) is 4.91. The van der Waals surface area contributed by atoms with E-state index in [4.69, 9.17) is 0 Å². The van der Waals surface area contributed by atoms with Gasteiger partial charge in [-0.15, -0.1) is 0 Å². The van der Waals surface area contributed by atoms with Gasteiger partial charge in [0, 0.05) is 5.41 Å². The molecule has 0 nitrogen and oxygen atoms in total. The Morgan fingerprint density at radius 1 is 1.00 bits per heavy atom. The molecule has 0 amide bonds. The summed E-state index contributed by atoms with van der Waals surface area (Å²) in [5, 5.41) is 0. The molecule has 0 heteroatoms. The predicted molar refractivity (Wildman–Crippen MR) is 69.1 cm³/mol. The lowest BCUT2D eigenvalue weighted by Gasteiger charge is -2.36. The summed E-state index contributed by atoms with van der Waals surface area (Å²) in [5.74, 6) is 0. The van der Waals surface area contributed by atoms with Gasteiger partial charge in [0.15, 0.2) is 0 Å². The van der Waals surface area contributed by atoms with Crippen molar-refractivity contribution in [1.29, 1.82) is 0 Å². The quantitative estimate of drug-likeness (QED) is 0.636. The summed E-state index contributed by atoms with van der Waals surface area (Å²) in [4.78, 5) is 0. The van der Waals surface area contributed by atoms with E-state index in [1.807, 2.05) is 0 Å². The van der Waals surface area contributed by atoms with E-state index in [0.717, 1.165) is 0 Å². The number of allylic oxidation sites excluding steroid dienone is 4. The molecule has 1 aromatic carbocycles. The zero-order valence-electron chi connectivity index (χ0n) is 9.87. The van der Waals surface area contributed by atoms with Gasteiger partial charge in [-0.25, -0.2) is 0 Å². The molecule has 0 saturated heterocycles. The maximum absolute atomic E-state index is 2.42. The van der Waals surface area contributed by atoms with Crippen LogP contribution >= 0.6 is 0 Å². The van der Waals surface area contributed by atoms with Gasteiger partial charge in [-0.05, 0) is 30.4 Å². The standard InChI is InChI=1S/C16H18/c1-16-12-6-5-9-14(16)10-11-15(16)13-7-3-2-4-8-13/h2-4,7-8,10-11H,5-6,9,12H2,1H3. The van der Waals surface area contributed by atoms with Crippen LogP contribution in [0.15, 0.2) is 48.1 Å². The lowest BCUT2D eigenvalue weighted by atomic mass is 9.68. The number of hydrogen-bond acceptors (Lipinski definition) is 0. The predicted octanol–water partition coefficient (Wildman–Crippen LogP) is 4.59. The molecule has 0 aromatic heterocycles. The first-order valence-corrected chi connectivity index (χ1v) is 6.28. The molecule has 0 radical (unpaired) electrons. The van der Waals surface area contributed by atoms with Gasteiger partial charge in [-0.3, -0.25) is 0 Å². The summed E-state index contributed by atoms with van der Waals surface area (Å²) < 4.78 is 0. The fourth-order valence-electron chi connectivity index (χ4n) is 3.21. The first-order valence-electron chi connectivity index (χ1n) is 6.28. The molecule has 82 valence electrons. The van der Waals surface area contributed by atoms with E-state index in [-0.39, 0.29) is 0 Å². The number of benzene rings is 1. The van der Waals surface area contributed by atoms with Crippen molar-refractivity contribution in [2.24, 2.45) is 5.41 Å². The van der Waals surface area contributed by atoms with Crippen LogP contribution in [0.25, 0.3) is 5.57 Å². The van der Waals surface area contributed by atoms with Gasteiger partial charge in [-0.1, -0.05) is 61.4 Å². The minimum atomic E-state index is 0.333. The molecule has 1 unspecified atom stereocenters. The molecule has 3 rings (SSSR count). The Balaban J connectivity index is 2.00. The van der Waals surface area contributed by atoms with Crippen LogP contribution in [-0.4, -0.2) is 0 Å². The highest BCUT2D eigenvalue weighted by molar-refractivity contribution is 5.78.